The fourth-order valence-corrected chi connectivity index (χ4v) is 10.7. The number of carbonyl (C=O) groups excluding carboxylic acids is 1. The van der Waals surface area contributed by atoms with Crippen LogP contribution in [0.4, 0.5) is 34.1 Å². The summed E-state index contributed by atoms with van der Waals surface area (Å²) in [6.07, 6.45) is 0. The Kier molecular flexibility index (Phi) is 10.2. The molecule has 0 amide bonds. The van der Waals surface area contributed by atoms with Crippen LogP contribution in [-0.2, 0) is 52.7 Å². The van der Waals surface area contributed by atoms with Gasteiger partial charge >= 0.3 is 268 Å². The number of aromatic hydroxyl groups is 2. The van der Waals surface area contributed by atoms with Gasteiger partial charge in [-0.3, -0.25) is 4.55 Å². The standard InChI is InChI=1S/C32H23N6O8S2.C2H4O2.Hg/c33-23-5-1-3-19-15-25(47(41,42)43)29(31(39)27(19)23)37-35-21-11-7-17(8-12-21)18-9-13-22(14-10-18)36-38-30-26(48(44,45)46)16-20-4-2-6-24(34)28(20)32(30)40;1-2(3)4;/h1-13,15-16,39-40H,33-34H2,(H,41,42,43)(H,44,45,46);1H3,(H,3,4);/q;;+1/p-1. The van der Waals surface area contributed by atoms with Gasteiger partial charge in [-0.15, -0.1) is 0 Å². The van der Waals surface area contributed by atoms with Crippen molar-refractivity contribution < 1.29 is 68.6 Å². The SMILES string of the molecule is CC(=O)[O][Hg][c]1cc(-c2ccc(N=Nc3c(S(=O)(=O)O)cc4cccc(N)c4c3O)cc2)ccc1N=Nc1c(S(=O)(=O)O)cc2cccc(N)c2c1O. The second-order valence-corrected chi connectivity index (χ2v) is 19.5. The van der Waals surface area contributed by atoms with Crippen LogP contribution in [0, 0.1) is 0 Å². The van der Waals surface area contributed by atoms with Gasteiger partial charge < -0.3 is 5.73 Å². The van der Waals surface area contributed by atoms with E-state index in [0.717, 1.165) is 12.1 Å². The van der Waals surface area contributed by atoms with Crippen molar-refractivity contribution >= 4 is 84.9 Å². The van der Waals surface area contributed by atoms with E-state index in [4.69, 9.17) is 14.1 Å². The van der Waals surface area contributed by atoms with Crippen LogP contribution in [0.5, 0.6) is 11.5 Å². The van der Waals surface area contributed by atoms with E-state index in [9.17, 15) is 40.9 Å². The summed E-state index contributed by atoms with van der Waals surface area (Å²) in [5, 5.41) is 38.8. The van der Waals surface area contributed by atoms with Crippen LogP contribution in [-0.4, -0.2) is 42.1 Å². The van der Waals surface area contributed by atoms with Crippen LogP contribution in [0.1, 0.15) is 6.92 Å². The normalized spacial score (nSPS) is 12.1. The van der Waals surface area contributed by atoms with Gasteiger partial charge in [0.15, 0.2) is 0 Å². The topological polar surface area (TPSA) is 277 Å². The Labute approximate surface area is 314 Å². The third kappa shape index (κ3) is 7.81. The van der Waals surface area contributed by atoms with Gasteiger partial charge in [0.25, 0.3) is 0 Å². The van der Waals surface area contributed by atoms with E-state index in [1.165, 1.54) is 31.2 Å². The maximum absolute atomic E-state index is 12.3. The van der Waals surface area contributed by atoms with Crippen LogP contribution < -0.4 is 14.5 Å². The summed E-state index contributed by atoms with van der Waals surface area (Å²) in [4.78, 5) is 10.4. The Bertz CT molecular complexity index is 2760. The summed E-state index contributed by atoms with van der Waals surface area (Å²) >= 11 is -2.68. The van der Waals surface area contributed by atoms with Crippen molar-refractivity contribution in [1.29, 1.82) is 0 Å². The molecule has 6 aromatic rings. The second-order valence-electron chi connectivity index (χ2n) is 11.6. The molecule has 0 fully saturated rings. The van der Waals surface area contributed by atoms with E-state index in [2.05, 4.69) is 20.5 Å². The number of anilines is 2. The molecule has 6 aromatic carbocycles. The number of benzene rings is 6. The molecule has 6 rings (SSSR count). The zero-order chi connectivity index (χ0) is 38.2. The quantitative estimate of drug-likeness (QED) is 0.0380. The summed E-state index contributed by atoms with van der Waals surface area (Å²) < 4.78 is 74.6. The van der Waals surface area contributed by atoms with Gasteiger partial charge in [0.1, 0.15) is 0 Å². The molecule has 0 saturated carbocycles. The third-order valence-corrected chi connectivity index (χ3v) is 15.3. The Hall–Kier alpha value is -5.53. The summed E-state index contributed by atoms with van der Waals surface area (Å²) in [5.41, 5.74) is 13.1. The number of phenols is 2. The Morgan fingerprint density at radius 2 is 1.15 bits per heavy atom. The number of nitrogen functional groups attached to an aromatic ring is 2. The minimum absolute atomic E-state index is 0.116. The van der Waals surface area contributed by atoms with Crippen LogP contribution >= 0.6 is 0 Å². The molecule has 0 bridgehead atoms. The number of nitrogens with two attached hydrogens (primary N) is 2. The molecule has 0 aliphatic heterocycles. The van der Waals surface area contributed by atoms with Gasteiger partial charge in [-0.2, -0.15) is 8.42 Å². The molecule has 266 valence electrons. The Morgan fingerprint density at radius 3 is 1.64 bits per heavy atom. The summed E-state index contributed by atoms with van der Waals surface area (Å²) in [6.45, 7) is 1.26. The van der Waals surface area contributed by atoms with E-state index in [1.807, 2.05) is 0 Å². The zero-order valence-electron chi connectivity index (χ0n) is 27.4. The van der Waals surface area contributed by atoms with Crippen LogP contribution in [0.3, 0.4) is 0 Å². The van der Waals surface area contributed by atoms with E-state index in [1.54, 1.807) is 54.6 Å². The first-order chi connectivity index (χ1) is 25.0. The number of hydrogen-bond acceptors (Lipinski definition) is 14. The molecule has 0 atom stereocenters. The molecule has 0 heterocycles. The average molecular weight is 943 g/mol. The van der Waals surface area contributed by atoms with Crippen molar-refractivity contribution in [2.75, 3.05) is 11.5 Å². The van der Waals surface area contributed by atoms with Gasteiger partial charge in [0, 0.05) is 5.69 Å². The predicted octanol–water partition coefficient (Wildman–Crippen LogP) is 6.75. The predicted molar refractivity (Wildman–Crippen MR) is 191 cm³/mol. The van der Waals surface area contributed by atoms with Gasteiger partial charge in [-0.25, -0.2) is 0 Å². The van der Waals surface area contributed by atoms with Crippen molar-refractivity contribution in [2.24, 2.45) is 20.5 Å². The first-order valence-corrected chi connectivity index (χ1v) is 23.1. The van der Waals surface area contributed by atoms with Gasteiger partial charge in [-0.1, -0.05) is 12.1 Å². The second kappa shape index (κ2) is 14.5. The van der Waals surface area contributed by atoms with E-state index in [-0.39, 0.29) is 44.3 Å². The third-order valence-electron chi connectivity index (χ3n) is 8.01. The van der Waals surface area contributed by atoms with Crippen LogP contribution in [0.15, 0.2) is 121 Å². The molecule has 16 nitrogen and oxygen atoms in total. The van der Waals surface area contributed by atoms with Crippen molar-refractivity contribution in [2.45, 2.75) is 16.7 Å². The Balaban J connectivity index is 1.35. The van der Waals surface area contributed by atoms with Crippen molar-refractivity contribution in [3.63, 3.8) is 0 Å². The van der Waals surface area contributed by atoms with Crippen molar-refractivity contribution in [3.8, 4) is 22.6 Å². The molecule has 0 aromatic heterocycles. The molecule has 0 aliphatic rings. The van der Waals surface area contributed by atoms with E-state index < -0.39 is 83.9 Å². The van der Waals surface area contributed by atoms with Gasteiger partial charge in [0.2, 0.25) is 0 Å². The number of rotatable bonds is 9. The zero-order valence-corrected chi connectivity index (χ0v) is 34.5. The van der Waals surface area contributed by atoms with E-state index >= 15 is 0 Å². The minimum atomic E-state index is -4.86. The summed E-state index contributed by atoms with van der Waals surface area (Å²) in [5.74, 6) is -1.68. The van der Waals surface area contributed by atoms with Crippen molar-refractivity contribution in [1.82, 2.24) is 0 Å². The number of hydrogen-bond donors (Lipinski definition) is 6. The first kappa shape index (κ1) is 37.2. The maximum atomic E-state index is 12.3. The first-order valence-electron chi connectivity index (χ1n) is 15.3. The molecule has 0 spiro atoms. The number of nitrogens with zero attached hydrogens (tertiary/aromatic N) is 4. The number of fused-ring (bicyclic) bond motifs is 2. The molecule has 0 unspecified atom stereocenters. The molecular formula is C34H26HgN6O10S2. The monoisotopic (exact) mass is 944 g/mol. The van der Waals surface area contributed by atoms with E-state index in [0.29, 0.717) is 14.2 Å². The van der Waals surface area contributed by atoms with Crippen molar-refractivity contribution in [3.05, 3.63) is 91.0 Å². The number of carbonyl (C=O) groups is 1. The number of azo groups is 2. The molecule has 53 heavy (non-hydrogen) atoms. The number of phenolic OH excluding ortho intramolecular Hbond substituents is 2. The molecule has 19 heteroatoms. The summed E-state index contributed by atoms with van der Waals surface area (Å²) in [7, 11) is -9.68. The Morgan fingerprint density at radius 1 is 0.660 bits per heavy atom. The molecular weight excluding hydrogens is 917 g/mol. The molecule has 0 aliphatic carbocycles. The molecule has 0 radical (unpaired) electrons. The van der Waals surface area contributed by atoms with Crippen LogP contribution in [0.2, 0.25) is 0 Å². The summed E-state index contributed by atoms with van der Waals surface area (Å²) in [6, 6.07) is 22.9. The van der Waals surface area contributed by atoms with Crippen LogP contribution in [0.25, 0.3) is 32.7 Å². The van der Waals surface area contributed by atoms with Gasteiger partial charge in [0.05, 0.1) is 0 Å². The molecule has 0 saturated heterocycles. The molecule has 8 N–H and O–H groups in total. The average Bonchev–Trinajstić information content (AvgIpc) is 3.09. The van der Waals surface area contributed by atoms with Gasteiger partial charge in [-0.05, 0) is 11.5 Å². The fraction of sp³-hybridized carbons (Fsp3) is 0.0294. The fourth-order valence-electron chi connectivity index (χ4n) is 5.53.